The molecule has 2 unspecified atom stereocenters. The van der Waals surface area contributed by atoms with Crippen molar-refractivity contribution in [2.24, 2.45) is 5.92 Å². The van der Waals surface area contributed by atoms with Crippen LogP contribution < -0.4 is 5.32 Å². The van der Waals surface area contributed by atoms with Crippen LogP contribution in [0.1, 0.15) is 36.5 Å². The number of nitrogens with one attached hydrogen (secondary N) is 1. The number of rotatable bonds is 2. The zero-order valence-electron chi connectivity index (χ0n) is 11.4. The maximum absolute atomic E-state index is 14.2. The highest BCUT2D eigenvalue weighted by Crippen LogP contribution is 2.37. The molecule has 0 saturated carbocycles. The lowest BCUT2D eigenvalue weighted by Gasteiger charge is -2.37. The van der Waals surface area contributed by atoms with Gasteiger partial charge in [0, 0.05) is 18.0 Å². The number of benzene rings is 1. The van der Waals surface area contributed by atoms with Crippen LogP contribution in [-0.4, -0.2) is 18.2 Å². The quantitative estimate of drug-likeness (QED) is 0.847. The Bertz CT molecular complexity index is 413. The van der Waals surface area contributed by atoms with E-state index in [4.69, 9.17) is 0 Å². The van der Waals surface area contributed by atoms with Crippen molar-refractivity contribution in [3.8, 4) is 0 Å². The van der Waals surface area contributed by atoms with Crippen molar-refractivity contribution in [3.63, 3.8) is 0 Å². The van der Waals surface area contributed by atoms with Crippen LogP contribution >= 0.6 is 0 Å². The molecule has 2 rings (SSSR count). The molecule has 1 aromatic carbocycles. The highest BCUT2D eigenvalue weighted by molar-refractivity contribution is 5.36. The molecule has 2 N–H and O–H groups in total. The van der Waals surface area contributed by atoms with Gasteiger partial charge in [-0.25, -0.2) is 4.39 Å². The lowest BCUT2D eigenvalue weighted by atomic mass is 9.77. The van der Waals surface area contributed by atoms with E-state index >= 15 is 0 Å². The van der Waals surface area contributed by atoms with Crippen LogP contribution in [0.15, 0.2) is 12.1 Å². The average molecular weight is 251 g/mol. The zero-order valence-corrected chi connectivity index (χ0v) is 11.4. The number of hydrogen-bond donors (Lipinski definition) is 2. The van der Waals surface area contributed by atoms with Gasteiger partial charge >= 0.3 is 0 Å². The van der Waals surface area contributed by atoms with Gasteiger partial charge in [0.15, 0.2) is 0 Å². The van der Waals surface area contributed by atoms with Crippen molar-refractivity contribution < 1.29 is 9.50 Å². The average Bonchev–Trinajstić information content (AvgIpc) is 2.28. The maximum Gasteiger partial charge on any atom is 0.129 e. The summed E-state index contributed by atoms with van der Waals surface area (Å²) in [6, 6.07) is 3.44. The molecule has 3 heteroatoms. The normalized spacial score (nSPS) is 23.7. The second kappa shape index (κ2) is 4.98. The highest BCUT2D eigenvalue weighted by atomic mass is 19.1. The van der Waals surface area contributed by atoms with Crippen LogP contribution in [-0.2, 0) is 5.60 Å². The van der Waals surface area contributed by atoms with Crippen molar-refractivity contribution in [2.45, 2.75) is 39.2 Å². The van der Waals surface area contributed by atoms with E-state index in [-0.39, 0.29) is 11.7 Å². The molecule has 0 amide bonds. The summed E-state index contributed by atoms with van der Waals surface area (Å²) in [5.41, 5.74) is 1.09. The Labute approximate surface area is 108 Å². The van der Waals surface area contributed by atoms with Crippen molar-refractivity contribution in [1.82, 2.24) is 5.32 Å². The van der Waals surface area contributed by atoms with Crippen LogP contribution in [0.2, 0.25) is 0 Å². The molecule has 0 spiro atoms. The van der Waals surface area contributed by atoms with Crippen molar-refractivity contribution >= 4 is 0 Å². The molecule has 1 aliphatic rings. The maximum atomic E-state index is 14.2. The number of hydrogen-bond acceptors (Lipinski definition) is 2. The van der Waals surface area contributed by atoms with Gasteiger partial charge in [-0.2, -0.15) is 0 Å². The van der Waals surface area contributed by atoms with Gasteiger partial charge in [-0.1, -0.05) is 6.07 Å². The van der Waals surface area contributed by atoms with E-state index in [2.05, 4.69) is 5.32 Å². The molecule has 0 aliphatic carbocycles. The first-order valence-corrected chi connectivity index (χ1v) is 6.63. The summed E-state index contributed by atoms with van der Waals surface area (Å²) in [7, 11) is 0. The molecule has 1 saturated heterocycles. The van der Waals surface area contributed by atoms with E-state index in [9.17, 15) is 9.50 Å². The molecule has 2 nitrogen and oxygen atoms in total. The van der Waals surface area contributed by atoms with Crippen LogP contribution in [0.4, 0.5) is 4.39 Å². The topological polar surface area (TPSA) is 32.3 Å². The molecule has 0 radical (unpaired) electrons. The lowest BCUT2D eigenvalue weighted by Crippen LogP contribution is -2.43. The lowest BCUT2D eigenvalue weighted by molar-refractivity contribution is -0.0190. The fourth-order valence-electron chi connectivity index (χ4n) is 3.09. The Balaban J connectivity index is 2.39. The van der Waals surface area contributed by atoms with Crippen LogP contribution in [0.3, 0.4) is 0 Å². The largest absolute Gasteiger partial charge is 0.385 e. The highest BCUT2D eigenvalue weighted by Gasteiger charge is 2.37. The number of aliphatic hydroxyl groups is 1. The Morgan fingerprint density at radius 2 is 2.11 bits per heavy atom. The zero-order chi connectivity index (χ0) is 13.3. The molecule has 1 fully saturated rings. The Morgan fingerprint density at radius 1 is 1.39 bits per heavy atom. The van der Waals surface area contributed by atoms with Gasteiger partial charge in [-0.05, 0) is 57.4 Å². The molecule has 0 aromatic heterocycles. The molecule has 1 aromatic rings. The van der Waals surface area contributed by atoms with E-state index in [1.807, 2.05) is 19.9 Å². The van der Waals surface area contributed by atoms with Crippen LogP contribution in [0, 0.1) is 25.6 Å². The third-order valence-corrected chi connectivity index (χ3v) is 4.03. The van der Waals surface area contributed by atoms with E-state index in [1.165, 1.54) is 6.07 Å². The third kappa shape index (κ3) is 2.43. The van der Waals surface area contributed by atoms with Gasteiger partial charge in [-0.3, -0.25) is 0 Å². The summed E-state index contributed by atoms with van der Waals surface area (Å²) in [5, 5.41) is 14.1. The molecule has 1 heterocycles. The Hall–Kier alpha value is -0.930. The number of aryl methyl sites for hydroxylation is 2. The summed E-state index contributed by atoms with van der Waals surface area (Å²) in [6.07, 6.45) is 1.97. The Morgan fingerprint density at radius 3 is 2.67 bits per heavy atom. The minimum absolute atomic E-state index is 0.0714. The van der Waals surface area contributed by atoms with Crippen molar-refractivity contribution in [2.75, 3.05) is 13.1 Å². The molecule has 1 aliphatic heterocycles. The third-order valence-electron chi connectivity index (χ3n) is 4.03. The summed E-state index contributed by atoms with van der Waals surface area (Å²) < 4.78 is 14.2. The summed E-state index contributed by atoms with van der Waals surface area (Å²) in [5.74, 6) is -0.217. The number of halogens is 1. The van der Waals surface area contributed by atoms with E-state index in [0.29, 0.717) is 5.56 Å². The molecule has 0 bridgehead atoms. The predicted molar refractivity (Wildman–Crippen MR) is 71.0 cm³/mol. The van der Waals surface area contributed by atoms with E-state index in [0.717, 1.165) is 37.1 Å². The van der Waals surface area contributed by atoms with E-state index < -0.39 is 5.60 Å². The fourth-order valence-corrected chi connectivity index (χ4v) is 3.09. The number of piperidine rings is 1. The van der Waals surface area contributed by atoms with Gasteiger partial charge in [0.05, 0.1) is 5.60 Å². The first-order chi connectivity index (χ1) is 8.43. The van der Waals surface area contributed by atoms with Crippen molar-refractivity contribution in [1.29, 1.82) is 0 Å². The van der Waals surface area contributed by atoms with Crippen LogP contribution in [0.25, 0.3) is 0 Å². The SMILES string of the molecule is Cc1cc(C)c(C(C)(O)C2CCCNC2)c(F)c1. The summed E-state index contributed by atoms with van der Waals surface area (Å²) in [4.78, 5) is 0. The van der Waals surface area contributed by atoms with Gasteiger partial charge in [0.1, 0.15) is 5.82 Å². The minimum atomic E-state index is -1.10. The van der Waals surface area contributed by atoms with E-state index in [1.54, 1.807) is 6.92 Å². The second-order valence-electron chi connectivity index (χ2n) is 5.63. The summed E-state index contributed by atoms with van der Waals surface area (Å²) >= 11 is 0. The van der Waals surface area contributed by atoms with Crippen molar-refractivity contribution in [3.05, 3.63) is 34.6 Å². The van der Waals surface area contributed by atoms with Gasteiger partial charge in [0.25, 0.3) is 0 Å². The molecular weight excluding hydrogens is 229 g/mol. The summed E-state index contributed by atoms with van der Waals surface area (Å²) in [6.45, 7) is 7.22. The molecular formula is C15H22FNO. The molecule has 100 valence electrons. The van der Waals surface area contributed by atoms with Gasteiger partial charge in [0.2, 0.25) is 0 Å². The predicted octanol–water partition coefficient (Wildman–Crippen LogP) is 2.65. The smallest absolute Gasteiger partial charge is 0.129 e. The Kier molecular flexibility index (Phi) is 3.74. The first kappa shape index (κ1) is 13.5. The monoisotopic (exact) mass is 251 g/mol. The van der Waals surface area contributed by atoms with Gasteiger partial charge < -0.3 is 10.4 Å². The van der Waals surface area contributed by atoms with Crippen LogP contribution in [0.5, 0.6) is 0 Å². The minimum Gasteiger partial charge on any atom is -0.385 e. The van der Waals surface area contributed by atoms with Gasteiger partial charge in [-0.15, -0.1) is 0 Å². The second-order valence-corrected chi connectivity index (χ2v) is 5.63. The first-order valence-electron chi connectivity index (χ1n) is 6.63. The molecule has 18 heavy (non-hydrogen) atoms. The standard InChI is InChI=1S/C15H22FNO/c1-10-7-11(2)14(13(16)8-10)15(3,18)12-5-4-6-17-9-12/h7-8,12,17-18H,4-6,9H2,1-3H3. The molecule has 2 atom stereocenters. The fraction of sp³-hybridized carbons (Fsp3) is 0.600.